The fourth-order valence-electron chi connectivity index (χ4n) is 2.01. The highest BCUT2D eigenvalue weighted by Gasteiger charge is 2.07. The van der Waals surface area contributed by atoms with Crippen LogP contribution in [0.5, 0.6) is 0 Å². The van der Waals surface area contributed by atoms with Crippen LogP contribution in [0.2, 0.25) is 5.02 Å². The van der Waals surface area contributed by atoms with Crippen LogP contribution in [0.1, 0.15) is 0 Å². The minimum atomic E-state index is -0.277. The zero-order valence-corrected chi connectivity index (χ0v) is 11.2. The monoisotopic (exact) mass is 287 g/mol. The molecule has 0 saturated heterocycles. The molecular formula is C15H11ClFN3. The summed E-state index contributed by atoms with van der Waals surface area (Å²) in [7, 11) is 0. The molecule has 0 bridgehead atoms. The van der Waals surface area contributed by atoms with Crippen molar-refractivity contribution in [1.29, 1.82) is 0 Å². The van der Waals surface area contributed by atoms with E-state index in [0.717, 1.165) is 16.8 Å². The van der Waals surface area contributed by atoms with Gasteiger partial charge in [0, 0.05) is 16.8 Å². The second-order valence-corrected chi connectivity index (χ2v) is 4.82. The average Bonchev–Trinajstić information content (AvgIpc) is 2.88. The zero-order chi connectivity index (χ0) is 14.1. The van der Waals surface area contributed by atoms with Crippen LogP contribution in [0.4, 0.5) is 10.1 Å². The van der Waals surface area contributed by atoms with E-state index in [-0.39, 0.29) is 5.82 Å². The van der Waals surface area contributed by atoms with Crippen molar-refractivity contribution < 1.29 is 4.39 Å². The molecule has 100 valence electrons. The lowest BCUT2D eigenvalue weighted by Gasteiger charge is -2.05. The molecule has 0 fully saturated rings. The van der Waals surface area contributed by atoms with Gasteiger partial charge in [-0.05, 0) is 35.9 Å². The van der Waals surface area contributed by atoms with Crippen molar-refractivity contribution in [3.05, 3.63) is 65.7 Å². The molecule has 2 aromatic carbocycles. The van der Waals surface area contributed by atoms with Gasteiger partial charge in [-0.25, -0.2) is 9.07 Å². The number of hydrogen-bond acceptors (Lipinski definition) is 2. The molecule has 20 heavy (non-hydrogen) atoms. The van der Waals surface area contributed by atoms with E-state index in [4.69, 9.17) is 17.3 Å². The second kappa shape index (κ2) is 4.98. The lowest BCUT2D eigenvalue weighted by atomic mass is 10.1. The minimum absolute atomic E-state index is 0.277. The van der Waals surface area contributed by atoms with E-state index >= 15 is 0 Å². The molecule has 0 aliphatic rings. The van der Waals surface area contributed by atoms with Crippen molar-refractivity contribution in [3.63, 3.8) is 0 Å². The first-order chi connectivity index (χ1) is 9.63. The molecule has 0 aliphatic carbocycles. The zero-order valence-electron chi connectivity index (χ0n) is 10.4. The van der Waals surface area contributed by atoms with E-state index in [1.54, 1.807) is 41.3 Å². The molecule has 3 nitrogen and oxygen atoms in total. The number of hydrogen-bond donors (Lipinski definition) is 1. The fourth-order valence-corrected chi connectivity index (χ4v) is 2.19. The van der Waals surface area contributed by atoms with Crippen molar-refractivity contribution in [2.45, 2.75) is 0 Å². The molecule has 3 rings (SSSR count). The molecule has 1 heterocycles. The number of nitrogens with two attached hydrogens (primary N) is 1. The molecule has 0 spiro atoms. The number of aromatic nitrogens is 2. The van der Waals surface area contributed by atoms with Crippen LogP contribution in [-0.2, 0) is 0 Å². The number of anilines is 1. The molecule has 2 N–H and O–H groups in total. The largest absolute Gasteiger partial charge is 0.397 e. The highest BCUT2D eigenvalue weighted by Crippen LogP contribution is 2.24. The van der Waals surface area contributed by atoms with Gasteiger partial charge in [0.05, 0.1) is 17.6 Å². The van der Waals surface area contributed by atoms with Gasteiger partial charge in [0.25, 0.3) is 0 Å². The third-order valence-corrected chi connectivity index (χ3v) is 3.21. The third kappa shape index (κ3) is 2.38. The highest BCUT2D eigenvalue weighted by atomic mass is 35.5. The summed E-state index contributed by atoms with van der Waals surface area (Å²) in [4.78, 5) is 0. The van der Waals surface area contributed by atoms with Gasteiger partial charge in [-0.15, -0.1) is 0 Å². The van der Waals surface area contributed by atoms with Gasteiger partial charge < -0.3 is 5.73 Å². The molecule has 3 aromatic rings. The Hall–Kier alpha value is -2.33. The van der Waals surface area contributed by atoms with E-state index in [2.05, 4.69) is 5.10 Å². The Morgan fingerprint density at radius 2 is 1.95 bits per heavy atom. The van der Waals surface area contributed by atoms with Crippen molar-refractivity contribution in [3.8, 4) is 16.8 Å². The van der Waals surface area contributed by atoms with Crippen LogP contribution in [0.3, 0.4) is 0 Å². The molecule has 0 radical (unpaired) electrons. The summed E-state index contributed by atoms with van der Waals surface area (Å²) >= 11 is 5.87. The molecule has 0 atom stereocenters. The van der Waals surface area contributed by atoms with Crippen molar-refractivity contribution in [1.82, 2.24) is 9.78 Å². The van der Waals surface area contributed by atoms with E-state index in [0.29, 0.717) is 10.7 Å². The average molecular weight is 288 g/mol. The van der Waals surface area contributed by atoms with Gasteiger partial charge in [-0.1, -0.05) is 23.7 Å². The SMILES string of the molecule is Nc1cc(Cl)ccc1-n1cc(-c2cccc(F)c2)cn1. The van der Waals surface area contributed by atoms with Gasteiger partial charge in [0.15, 0.2) is 0 Å². The van der Waals surface area contributed by atoms with Gasteiger partial charge in [-0.3, -0.25) is 0 Å². The van der Waals surface area contributed by atoms with E-state index < -0.39 is 0 Å². The summed E-state index contributed by atoms with van der Waals surface area (Å²) in [6, 6.07) is 11.6. The maximum atomic E-state index is 13.2. The maximum absolute atomic E-state index is 13.2. The van der Waals surface area contributed by atoms with Crippen LogP contribution in [0.25, 0.3) is 16.8 Å². The first-order valence-electron chi connectivity index (χ1n) is 5.99. The summed E-state index contributed by atoms with van der Waals surface area (Å²) in [6.45, 7) is 0. The summed E-state index contributed by atoms with van der Waals surface area (Å²) in [6.07, 6.45) is 3.47. The highest BCUT2D eigenvalue weighted by molar-refractivity contribution is 6.30. The molecule has 1 aromatic heterocycles. The van der Waals surface area contributed by atoms with Crippen LogP contribution in [-0.4, -0.2) is 9.78 Å². The van der Waals surface area contributed by atoms with E-state index in [9.17, 15) is 4.39 Å². The quantitative estimate of drug-likeness (QED) is 0.726. The number of nitrogen functional groups attached to an aromatic ring is 1. The topological polar surface area (TPSA) is 43.8 Å². The van der Waals surface area contributed by atoms with E-state index in [1.807, 2.05) is 6.07 Å². The number of benzene rings is 2. The predicted molar refractivity (Wildman–Crippen MR) is 78.4 cm³/mol. The Bertz CT molecular complexity index is 767. The maximum Gasteiger partial charge on any atom is 0.123 e. The smallest absolute Gasteiger partial charge is 0.123 e. The molecule has 0 saturated carbocycles. The predicted octanol–water partition coefficient (Wildman–Crippen LogP) is 3.91. The van der Waals surface area contributed by atoms with Crippen LogP contribution < -0.4 is 5.73 Å². The minimum Gasteiger partial charge on any atom is -0.397 e. The standard InChI is InChI=1S/C15H11ClFN3/c16-12-4-5-15(14(18)7-12)20-9-11(8-19-20)10-2-1-3-13(17)6-10/h1-9H,18H2. The number of rotatable bonds is 2. The van der Waals surface area contributed by atoms with Crippen molar-refractivity contribution >= 4 is 17.3 Å². The normalized spacial score (nSPS) is 10.7. The number of halogens is 2. The Balaban J connectivity index is 2.02. The summed E-state index contributed by atoms with van der Waals surface area (Å²) in [5.41, 5.74) is 8.77. The molecule has 0 amide bonds. The lowest BCUT2D eigenvalue weighted by Crippen LogP contribution is -1.99. The van der Waals surface area contributed by atoms with Gasteiger partial charge in [0.2, 0.25) is 0 Å². The third-order valence-electron chi connectivity index (χ3n) is 2.98. The van der Waals surface area contributed by atoms with Crippen LogP contribution >= 0.6 is 11.6 Å². The summed E-state index contributed by atoms with van der Waals surface area (Å²) in [5.74, 6) is -0.277. The summed E-state index contributed by atoms with van der Waals surface area (Å²) < 4.78 is 14.9. The number of nitrogens with zero attached hydrogens (tertiary/aromatic N) is 2. The molecular weight excluding hydrogens is 277 g/mol. The van der Waals surface area contributed by atoms with E-state index in [1.165, 1.54) is 12.1 Å². The second-order valence-electron chi connectivity index (χ2n) is 4.39. The Morgan fingerprint density at radius 3 is 2.70 bits per heavy atom. The Kier molecular flexibility index (Phi) is 3.16. The summed E-state index contributed by atoms with van der Waals surface area (Å²) in [5, 5.41) is 4.83. The van der Waals surface area contributed by atoms with Crippen molar-refractivity contribution in [2.24, 2.45) is 0 Å². The first-order valence-corrected chi connectivity index (χ1v) is 6.37. The Morgan fingerprint density at radius 1 is 1.10 bits per heavy atom. The van der Waals surface area contributed by atoms with Gasteiger partial charge in [-0.2, -0.15) is 5.10 Å². The van der Waals surface area contributed by atoms with Crippen molar-refractivity contribution in [2.75, 3.05) is 5.73 Å². The van der Waals surface area contributed by atoms with Crippen LogP contribution in [0.15, 0.2) is 54.9 Å². The molecule has 0 unspecified atom stereocenters. The lowest BCUT2D eigenvalue weighted by molar-refractivity contribution is 0.628. The van der Waals surface area contributed by atoms with Crippen LogP contribution in [0, 0.1) is 5.82 Å². The van der Waals surface area contributed by atoms with Gasteiger partial charge >= 0.3 is 0 Å². The Labute approximate surface area is 120 Å². The van der Waals surface area contributed by atoms with Gasteiger partial charge in [0.1, 0.15) is 5.82 Å². The molecule has 5 heteroatoms. The fraction of sp³-hybridized carbons (Fsp3) is 0. The first kappa shape index (κ1) is 12.7. The molecule has 0 aliphatic heterocycles.